The highest BCUT2D eigenvalue weighted by atomic mass is 16.5. The Hall–Kier alpha value is -0.820. The number of unbranched alkanes of at least 4 members (excludes halogenated alkanes) is 5. The van der Waals surface area contributed by atoms with E-state index in [1.165, 1.54) is 56.9 Å². The van der Waals surface area contributed by atoms with Crippen LogP contribution < -0.4 is 0 Å². The highest BCUT2D eigenvalue weighted by Crippen LogP contribution is 2.05. The molecule has 0 amide bonds. The molecule has 116 valence electrons. The van der Waals surface area contributed by atoms with E-state index in [-0.39, 0.29) is 0 Å². The van der Waals surface area contributed by atoms with Crippen LogP contribution in [0.1, 0.15) is 71.3 Å². The highest BCUT2D eigenvalue weighted by molar-refractivity contribution is 5.14. The van der Waals surface area contributed by atoms with E-state index >= 15 is 0 Å². The maximum absolute atomic E-state index is 5.65. The molecule has 0 atom stereocenters. The normalized spacial score (nSPS) is 9.95. The molecule has 0 aliphatic carbocycles. The lowest BCUT2D eigenvalue weighted by atomic mass is 10.1. The molecule has 1 aromatic carbocycles. The van der Waals surface area contributed by atoms with Gasteiger partial charge in [0.2, 0.25) is 0 Å². The molecule has 1 nitrogen and oxygen atoms in total. The van der Waals surface area contributed by atoms with Gasteiger partial charge in [0.1, 0.15) is 0 Å². The topological polar surface area (TPSA) is 9.23 Å². The van der Waals surface area contributed by atoms with E-state index in [0.29, 0.717) is 0 Å². The lowest BCUT2D eigenvalue weighted by Gasteiger charge is -2.04. The van der Waals surface area contributed by atoms with Gasteiger partial charge in [0, 0.05) is 13.2 Å². The Labute approximate surface area is 126 Å². The van der Waals surface area contributed by atoms with Crippen molar-refractivity contribution in [2.45, 2.75) is 72.1 Å². The fourth-order valence-electron chi connectivity index (χ4n) is 2.09. The first kappa shape index (κ1) is 19.2. The number of benzene rings is 1. The molecule has 0 radical (unpaired) electrons. The second-order valence-corrected chi connectivity index (χ2v) is 4.97. The molecule has 0 heterocycles. The summed E-state index contributed by atoms with van der Waals surface area (Å²) in [5.41, 5.74) is 1.44. The first-order chi connectivity index (χ1) is 9.93. The maximum atomic E-state index is 5.65. The summed E-state index contributed by atoms with van der Waals surface area (Å²) in [7, 11) is 0. The largest absolute Gasteiger partial charge is 0.381 e. The van der Waals surface area contributed by atoms with E-state index in [4.69, 9.17) is 4.74 Å². The summed E-state index contributed by atoms with van der Waals surface area (Å²) >= 11 is 0. The predicted molar refractivity (Wildman–Crippen MR) is 90.3 cm³/mol. The molecule has 0 aromatic heterocycles. The zero-order chi connectivity index (χ0) is 14.9. The van der Waals surface area contributed by atoms with Crippen molar-refractivity contribution in [1.82, 2.24) is 0 Å². The quantitative estimate of drug-likeness (QED) is 0.449. The summed E-state index contributed by atoms with van der Waals surface area (Å²) in [6, 6.07) is 10.7. The summed E-state index contributed by atoms with van der Waals surface area (Å²) in [4.78, 5) is 0. The third-order valence-electron chi connectivity index (χ3n) is 3.24. The van der Waals surface area contributed by atoms with Crippen molar-refractivity contribution in [2.24, 2.45) is 0 Å². The summed E-state index contributed by atoms with van der Waals surface area (Å²) in [5, 5.41) is 0. The predicted octanol–water partition coefficient (Wildman–Crippen LogP) is 6.02. The standard InChI is InChI=1S/C17H28O.C2H6/c1-2-3-4-5-10-15-18-16-11-9-14-17-12-7-6-8-13-17;1-2/h6-8,12-13H,2-5,9-11,14-16H2,1H3;1-2H3. The Bertz CT molecular complexity index is 268. The van der Waals surface area contributed by atoms with Gasteiger partial charge in [-0.3, -0.25) is 0 Å². The van der Waals surface area contributed by atoms with Crippen LogP contribution >= 0.6 is 0 Å². The van der Waals surface area contributed by atoms with Crippen LogP contribution in [0.3, 0.4) is 0 Å². The summed E-state index contributed by atoms with van der Waals surface area (Å²) < 4.78 is 5.65. The van der Waals surface area contributed by atoms with Gasteiger partial charge in [-0.25, -0.2) is 0 Å². The summed E-state index contributed by atoms with van der Waals surface area (Å²) in [6.45, 7) is 8.14. The van der Waals surface area contributed by atoms with Crippen molar-refractivity contribution < 1.29 is 4.74 Å². The van der Waals surface area contributed by atoms with E-state index in [1.807, 2.05) is 13.8 Å². The van der Waals surface area contributed by atoms with Crippen LogP contribution in [0.4, 0.5) is 0 Å². The van der Waals surface area contributed by atoms with Gasteiger partial charge in [0.05, 0.1) is 0 Å². The minimum Gasteiger partial charge on any atom is -0.381 e. The number of aryl methyl sites for hydroxylation is 1. The van der Waals surface area contributed by atoms with Crippen molar-refractivity contribution in [3.05, 3.63) is 35.9 Å². The molecule has 0 saturated heterocycles. The SMILES string of the molecule is CC.CCCCCCCOCCCCc1ccccc1. The van der Waals surface area contributed by atoms with Crippen LogP contribution in [0.5, 0.6) is 0 Å². The Morgan fingerprint density at radius 1 is 0.750 bits per heavy atom. The fraction of sp³-hybridized carbons (Fsp3) is 0.684. The molecule has 0 saturated carbocycles. The van der Waals surface area contributed by atoms with Gasteiger partial charge in [0.15, 0.2) is 0 Å². The van der Waals surface area contributed by atoms with E-state index in [2.05, 4.69) is 37.3 Å². The average molecular weight is 278 g/mol. The van der Waals surface area contributed by atoms with Crippen LogP contribution in [-0.4, -0.2) is 13.2 Å². The molecular weight excluding hydrogens is 244 g/mol. The molecule has 0 aliphatic heterocycles. The number of ether oxygens (including phenoxy) is 1. The lowest BCUT2D eigenvalue weighted by molar-refractivity contribution is 0.126. The number of rotatable bonds is 11. The van der Waals surface area contributed by atoms with Crippen LogP contribution in [0, 0.1) is 0 Å². The van der Waals surface area contributed by atoms with Crippen LogP contribution in [0.25, 0.3) is 0 Å². The van der Waals surface area contributed by atoms with E-state index in [0.717, 1.165) is 13.2 Å². The van der Waals surface area contributed by atoms with Gasteiger partial charge >= 0.3 is 0 Å². The van der Waals surface area contributed by atoms with Crippen LogP contribution in [0.2, 0.25) is 0 Å². The lowest BCUT2D eigenvalue weighted by Crippen LogP contribution is -1.98. The molecule has 20 heavy (non-hydrogen) atoms. The van der Waals surface area contributed by atoms with Crippen molar-refractivity contribution >= 4 is 0 Å². The molecule has 1 aromatic rings. The molecule has 0 aliphatic rings. The third-order valence-corrected chi connectivity index (χ3v) is 3.24. The molecule has 1 rings (SSSR count). The third kappa shape index (κ3) is 12.2. The molecule has 0 N–H and O–H groups in total. The molecule has 0 fully saturated rings. The highest BCUT2D eigenvalue weighted by Gasteiger charge is 1.93. The second kappa shape index (κ2) is 16.2. The number of hydrogen-bond donors (Lipinski definition) is 0. The summed E-state index contributed by atoms with van der Waals surface area (Å²) in [6.07, 6.45) is 10.2. The van der Waals surface area contributed by atoms with E-state index in [1.54, 1.807) is 0 Å². The monoisotopic (exact) mass is 278 g/mol. The molecule has 0 unspecified atom stereocenters. The average Bonchev–Trinajstić information content (AvgIpc) is 2.52. The van der Waals surface area contributed by atoms with Crippen molar-refractivity contribution in [1.29, 1.82) is 0 Å². The van der Waals surface area contributed by atoms with Gasteiger partial charge in [-0.05, 0) is 31.2 Å². The van der Waals surface area contributed by atoms with E-state index in [9.17, 15) is 0 Å². The zero-order valence-corrected chi connectivity index (χ0v) is 13.9. The molecule has 0 spiro atoms. The Morgan fingerprint density at radius 2 is 1.35 bits per heavy atom. The van der Waals surface area contributed by atoms with Crippen molar-refractivity contribution in [2.75, 3.05) is 13.2 Å². The van der Waals surface area contributed by atoms with Crippen molar-refractivity contribution in [3.63, 3.8) is 0 Å². The maximum Gasteiger partial charge on any atom is 0.0466 e. The van der Waals surface area contributed by atoms with Gasteiger partial charge < -0.3 is 4.74 Å². The van der Waals surface area contributed by atoms with Crippen LogP contribution in [-0.2, 0) is 11.2 Å². The van der Waals surface area contributed by atoms with Gasteiger partial charge in [0.25, 0.3) is 0 Å². The smallest absolute Gasteiger partial charge is 0.0466 e. The van der Waals surface area contributed by atoms with Gasteiger partial charge in [-0.2, -0.15) is 0 Å². The molecule has 0 bridgehead atoms. The van der Waals surface area contributed by atoms with Crippen molar-refractivity contribution in [3.8, 4) is 0 Å². The number of hydrogen-bond acceptors (Lipinski definition) is 1. The molecule has 1 heteroatoms. The zero-order valence-electron chi connectivity index (χ0n) is 13.9. The first-order valence-corrected chi connectivity index (χ1v) is 8.55. The Balaban J connectivity index is 0.00000172. The minimum atomic E-state index is 0.931. The summed E-state index contributed by atoms with van der Waals surface area (Å²) in [5.74, 6) is 0. The Kier molecular flexibility index (Phi) is 15.6. The minimum absolute atomic E-state index is 0.931. The first-order valence-electron chi connectivity index (χ1n) is 8.55. The molecular formula is C19H34O. The van der Waals surface area contributed by atoms with E-state index < -0.39 is 0 Å². The fourth-order valence-corrected chi connectivity index (χ4v) is 2.09. The van der Waals surface area contributed by atoms with Gasteiger partial charge in [-0.1, -0.05) is 76.8 Å². The second-order valence-electron chi connectivity index (χ2n) is 4.97. The van der Waals surface area contributed by atoms with Gasteiger partial charge in [-0.15, -0.1) is 0 Å². The Morgan fingerprint density at radius 3 is 2.00 bits per heavy atom. The van der Waals surface area contributed by atoms with Crippen LogP contribution in [0.15, 0.2) is 30.3 Å².